The summed E-state index contributed by atoms with van der Waals surface area (Å²) in [6.45, 7) is 5.37. The first-order valence-electron chi connectivity index (χ1n) is 9.91. The van der Waals surface area contributed by atoms with Crippen molar-refractivity contribution in [2.75, 3.05) is 19.0 Å². The largest absolute Gasteiger partial charge is 0.465 e. The SMILES string of the molecule is COC(=O)c1c(NC(=O)COC(=O)c2sc3nc4n(c(=O)c3c2C)CCC4)sc(C)c1C. The minimum Gasteiger partial charge on any atom is -0.465 e. The van der Waals surface area contributed by atoms with E-state index in [0.29, 0.717) is 27.3 Å². The third-order valence-corrected chi connectivity index (χ3v) is 7.75. The Kier molecular flexibility index (Phi) is 5.87. The van der Waals surface area contributed by atoms with Crippen molar-refractivity contribution in [2.24, 2.45) is 0 Å². The highest BCUT2D eigenvalue weighted by molar-refractivity contribution is 7.20. The van der Waals surface area contributed by atoms with Gasteiger partial charge in [-0.25, -0.2) is 14.6 Å². The lowest BCUT2D eigenvalue weighted by molar-refractivity contribution is -0.119. The highest BCUT2D eigenvalue weighted by Gasteiger charge is 2.25. The number of fused-ring (bicyclic) bond motifs is 2. The Morgan fingerprint density at radius 1 is 1.12 bits per heavy atom. The normalized spacial score (nSPS) is 12.6. The molecule has 0 saturated carbocycles. The van der Waals surface area contributed by atoms with Crippen LogP contribution >= 0.6 is 22.7 Å². The molecular weight excluding hydrogens is 454 g/mol. The number of methoxy groups -OCH3 is 1. The van der Waals surface area contributed by atoms with Crippen molar-refractivity contribution >= 4 is 55.7 Å². The first kappa shape index (κ1) is 22.2. The van der Waals surface area contributed by atoms with Gasteiger partial charge in [0, 0.05) is 17.8 Å². The summed E-state index contributed by atoms with van der Waals surface area (Å²) in [6, 6.07) is 0. The second-order valence-electron chi connectivity index (χ2n) is 7.43. The summed E-state index contributed by atoms with van der Waals surface area (Å²) in [6.07, 6.45) is 1.61. The summed E-state index contributed by atoms with van der Waals surface area (Å²) in [4.78, 5) is 56.0. The van der Waals surface area contributed by atoms with Gasteiger partial charge in [-0.2, -0.15) is 0 Å². The molecule has 32 heavy (non-hydrogen) atoms. The van der Waals surface area contributed by atoms with Crippen molar-refractivity contribution in [1.29, 1.82) is 0 Å². The smallest absolute Gasteiger partial charge is 0.349 e. The van der Waals surface area contributed by atoms with E-state index in [2.05, 4.69) is 10.3 Å². The summed E-state index contributed by atoms with van der Waals surface area (Å²) < 4.78 is 11.6. The Balaban J connectivity index is 1.50. The van der Waals surface area contributed by atoms with Gasteiger partial charge in [0.1, 0.15) is 20.5 Å². The molecular formula is C21H21N3O6S2. The lowest BCUT2D eigenvalue weighted by Gasteiger charge is -2.07. The number of carbonyl (C=O) groups excluding carboxylic acids is 3. The van der Waals surface area contributed by atoms with Crippen molar-refractivity contribution in [2.45, 2.75) is 40.2 Å². The van der Waals surface area contributed by atoms with Gasteiger partial charge >= 0.3 is 11.9 Å². The summed E-state index contributed by atoms with van der Waals surface area (Å²) in [5.41, 5.74) is 1.37. The number of anilines is 1. The van der Waals surface area contributed by atoms with Gasteiger partial charge in [0.15, 0.2) is 6.61 Å². The van der Waals surface area contributed by atoms with Crippen molar-refractivity contribution in [3.63, 3.8) is 0 Å². The second kappa shape index (κ2) is 8.47. The Morgan fingerprint density at radius 3 is 2.59 bits per heavy atom. The van der Waals surface area contributed by atoms with Crippen LogP contribution in [-0.2, 0) is 27.2 Å². The van der Waals surface area contributed by atoms with Crippen LogP contribution in [0.3, 0.4) is 0 Å². The number of aromatic nitrogens is 2. The molecule has 0 aliphatic carbocycles. The van der Waals surface area contributed by atoms with Gasteiger partial charge < -0.3 is 14.8 Å². The molecule has 0 radical (unpaired) electrons. The summed E-state index contributed by atoms with van der Waals surface area (Å²) >= 11 is 2.34. The molecule has 1 aliphatic rings. The van der Waals surface area contributed by atoms with E-state index >= 15 is 0 Å². The zero-order valence-corrected chi connectivity index (χ0v) is 19.6. The first-order chi connectivity index (χ1) is 15.2. The van der Waals surface area contributed by atoms with E-state index < -0.39 is 24.5 Å². The number of nitrogens with zero attached hydrogens (tertiary/aromatic N) is 2. The van der Waals surface area contributed by atoms with E-state index in [1.165, 1.54) is 18.4 Å². The molecule has 1 amide bonds. The summed E-state index contributed by atoms with van der Waals surface area (Å²) in [7, 11) is 1.27. The number of amides is 1. The number of esters is 2. The Bertz CT molecular complexity index is 1330. The van der Waals surface area contributed by atoms with Crippen LogP contribution in [0.2, 0.25) is 0 Å². The highest BCUT2D eigenvalue weighted by Crippen LogP contribution is 2.33. The topological polar surface area (TPSA) is 117 Å². The average molecular weight is 476 g/mol. The van der Waals surface area contributed by atoms with Gasteiger partial charge in [0.05, 0.1) is 18.1 Å². The molecule has 4 heterocycles. The first-order valence-corrected chi connectivity index (χ1v) is 11.5. The molecule has 0 aromatic carbocycles. The molecule has 11 heteroatoms. The van der Waals surface area contributed by atoms with Crippen LogP contribution in [0.1, 0.15) is 48.3 Å². The Labute approximate surface area is 191 Å². The third-order valence-electron chi connectivity index (χ3n) is 5.46. The Morgan fingerprint density at radius 2 is 1.88 bits per heavy atom. The van der Waals surface area contributed by atoms with Gasteiger partial charge in [0.25, 0.3) is 11.5 Å². The van der Waals surface area contributed by atoms with E-state index in [-0.39, 0.29) is 16.0 Å². The number of nitrogens with one attached hydrogen (secondary N) is 1. The number of rotatable bonds is 5. The molecule has 0 bridgehead atoms. The molecule has 0 fully saturated rings. The lowest BCUT2D eigenvalue weighted by Crippen LogP contribution is -2.22. The quantitative estimate of drug-likeness (QED) is 0.564. The van der Waals surface area contributed by atoms with E-state index in [1.54, 1.807) is 18.4 Å². The fourth-order valence-corrected chi connectivity index (χ4v) is 5.84. The highest BCUT2D eigenvalue weighted by atomic mass is 32.1. The van der Waals surface area contributed by atoms with Crippen LogP contribution in [0.15, 0.2) is 4.79 Å². The molecule has 3 aromatic heterocycles. The standard InChI is InChI=1S/C21H21N3O6S2/c1-9-11(3)31-18(15(9)20(27)29-4)23-13(25)8-30-21(28)16-10(2)14-17(32-16)22-12-6-5-7-24(12)19(14)26/h5-8H2,1-4H3,(H,23,25). The monoisotopic (exact) mass is 475 g/mol. The number of aryl methyl sites for hydroxylation is 3. The van der Waals surface area contributed by atoms with Crippen molar-refractivity contribution in [1.82, 2.24) is 9.55 Å². The van der Waals surface area contributed by atoms with Crippen LogP contribution in [0.5, 0.6) is 0 Å². The van der Waals surface area contributed by atoms with Crippen LogP contribution < -0.4 is 10.9 Å². The molecule has 3 aromatic rings. The average Bonchev–Trinajstić information content (AvgIpc) is 3.43. The molecule has 1 aliphatic heterocycles. The maximum absolute atomic E-state index is 12.8. The van der Waals surface area contributed by atoms with Crippen molar-refractivity contribution in [3.05, 3.63) is 42.6 Å². The van der Waals surface area contributed by atoms with E-state index in [1.807, 2.05) is 6.92 Å². The van der Waals surface area contributed by atoms with Crippen molar-refractivity contribution < 1.29 is 23.9 Å². The fourth-order valence-electron chi connectivity index (χ4n) is 3.69. The number of hydrogen-bond donors (Lipinski definition) is 1. The fraction of sp³-hybridized carbons (Fsp3) is 0.381. The number of ether oxygens (including phenoxy) is 2. The maximum Gasteiger partial charge on any atom is 0.349 e. The van der Waals surface area contributed by atoms with E-state index in [9.17, 15) is 19.2 Å². The second-order valence-corrected chi connectivity index (χ2v) is 9.65. The van der Waals surface area contributed by atoms with Crippen molar-refractivity contribution in [3.8, 4) is 0 Å². The zero-order chi connectivity index (χ0) is 23.2. The minimum atomic E-state index is -0.697. The molecule has 4 rings (SSSR count). The van der Waals surface area contributed by atoms with Gasteiger partial charge in [-0.05, 0) is 38.3 Å². The van der Waals surface area contributed by atoms with Crippen LogP contribution in [0.25, 0.3) is 10.2 Å². The number of carbonyl (C=O) groups is 3. The predicted molar refractivity (Wildman–Crippen MR) is 121 cm³/mol. The molecule has 0 atom stereocenters. The molecule has 9 nitrogen and oxygen atoms in total. The Hall–Kier alpha value is -3.05. The molecule has 1 N–H and O–H groups in total. The number of hydrogen-bond acceptors (Lipinski definition) is 9. The van der Waals surface area contributed by atoms with Gasteiger partial charge in [-0.1, -0.05) is 0 Å². The van der Waals surface area contributed by atoms with Gasteiger partial charge in [0.2, 0.25) is 0 Å². The zero-order valence-electron chi connectivity index (χ0n) is 18.0. The van der Waals surface area contributed by atoms with E-state index in [4.69, 9.17) is 9.47 Å². The van der Waals surface area contributed by atoms with Gasteiger partial charge in [-0.3, -0.25) is 14.2 Å². The van der Waals surface area contributed by atoms with E-state index in [0.717, 1.165) is 40.4 Å². The summed E-state index contributed by atoms with van der Waals surface area (Å²) in [5.74, 6) is -1.10. The summed E-state index contributed by atoms with van der Waals surface area (Å²) in [5, 5.41) is 3.38. The van der Waals surface area contributed by atoms with Crippen LogP contribution in [-0.4, -0.2) is 41.1 Å². The number of thiophene rings is 2. The minimum absolute atomic E-state index is 0.146. The molecule has 0 saturated heterocycles. The lowest BCUT2D eigenvalue weighted by atomic mass is 10.1. The maximum atomic E-state index is 12.8. The van der Waals surface area contributed by atoms with Gasteiger partial charge in [-0.15, -0.1) is 22.7 Å². The molecule has 0 unspecified atom stereocenters. The molecule has 168 valence electrons. The van der Waals surface area contributed by atoms with Crippen LogP contribution in [0.4, 0.5) is 5.00 Å². The van der Waals surface area contributed by atoms with Crippen LogP contribution in [0, 0.1) is 20.8 Å². The third kappa shape index (κ3) is 3.71. The molecule has 0 spiro atoms. The predicted octanol–water partition coefficient (Wildman–Crippen LogP) is 2.97.